The van der Waals surface area contributed by atoms with E-state index in [1.165, 1.54) is 8.75 Å². The van der Waals surface area contributed by atoms with Crippen LogP contribution in [0.25, 0.3) is 0 Å². The highest BCUT2D eigenvalue weighted by atomic mass is 33.7. The minimum Gasteiger partial charge on any atom is -0.397 e. The molecule has 0 aliphatic heterocycles. The fourth-order valence-electron chi connectivity index (χ4n) is 1.63. The molecule has 0 bridgehead atoms. The Bertz CT molecular complexity index is 458. The molecule has 0 saturated carbocycles. The molecular formula is C16H36N2O2S6Si2+2. The topological polar surface area (TPSA) is 46.5 Å². The molecule has 0 aromatic rings. The van der Waals surface area contributed by atoms with Gasteiger partial charge >= 0.3 is 0 Å². The van der Waals surface area contributed by atoms with Crippen molar-refractivity contribution in [1.29, 1.82) is 0 Å². The first kappa shape index (κ1) is 29.8. The Morgan fingerprint density at radius 2 is 1.04 bits per heavy atom. The predicted molar refractivity (Wildman–Crippen MR) is 146 cm³/mol. The van der Waals surface area contributed by atoms with Gasteiger partial charge in [0.05, 0.1) is 17.6 Å². The maximum absolute atomic E-state index is 10.0. The summed E-state index contributed by atoms with van der Waals surface area (Å²) < 4.78 is 6.86. The summed E-state index contributed by atoms with van der Waals surface area (Å²) in [6, 6.07) is 0. The first-order chi connectivity index (χ1) is 13.1. The molecular weight excluding hydrogens is 501 g/mol. The molecule has 0 aliphatic carbocycles. The largest absolute Gasteiger partial charge is 0.397 e. The molecule has 4 nitrogen and oxygen atoms in total. The van der Waals surface area contributed by atoms with Crippen molar-refractivity contribution < 1.29 is 19.4 Å². The number of aliphatic hydroxyl groups is 2. The molecule has 0 aromatic heterocycles. The van der Waals surface area contributed by atoms with E-state index in [9.17, 15) is 10.2 Å². The van der Waals surface area contributed by atoms with Gasteiger partial charge in [-0.2, -0.15) is 0 Å². The van der Waals surface area contributed by atoms with Crippen LogP contribution in [0.5, 0.6) is 0 Å². The Morgan fingerprint density at radius 3 is 1.29 bits per heavy atom. The summed E-state index contributed by atoms with van der Waals surface area (Å²) in [5.41, 5.74) is -0.233. The highest BCUT2D eigenvalue weighted by Gasteiger charge is 2.18. The van der Waals surface area contributed by atoms with Gasteiger partial charge in [0.25, 0.3) is 8.75 Å². The fourth-order valence-corrected chi connectivity index (χ4v) is 13.2. The van der Waals surface area contributed by atoms with E-state index in [2.05, 4.69) is 63.5 Å². The van der Waals surface area contributed by atoms with Gasteiger partial charge in [-0.1, -0.05) is 26.2 Å². The molecule has 2 unspecified atom stereocenters. The number of rotatable bonds is 11. The Hall–Kier alpha value is 1.79. The standard InChI is InChI=1S/C16H36N2O2S6Si2/c1-17(2)15(21-11-9-13(19)27(5)6)23-25-26-24-16(18(3)4)22-12-10-14(20)28(7)8/h13-14,19-20H,9-12H2,1-8H3/q+2. The van der Waals surface area contributed by atoms with E-state index in [4.69, 9.17) is 0 Å². The summed E-state index contributed by atoms with van der Waals surface area (Å²) in [6.45, 7) is 8.65. The van der Waals surface area contributed by atoms with Crippen LogP contribution in [-0.4, -0.2) is 96.9 Å². The zero-order valence-electron chi connectivity index (χ0n) is 18.2. The van der Waals surface area contributed by atoms with Crippen LogP contribution < -0.4 is 0 Å². The predicted octanol–water partition coefficient (Wildman–Crippen LogP) is 4.48. The summed E-state index contributed by atoms with van der Waals surface area (Å²) in [5.74, 6) is 1.92. The number of thioether (sulfide) groups is 2. The van der Waals surface area contributed by atoms with Crippen LogP contribution in [-0.2, 0) is 0 Å². The lowest BCUT2D eigenvalue weighted by atomic mass is 10.5. The normalized spacial score (nSPS) is 13.7. The average molecular weight is 537 g/mol. The van der Waals surface area contributed by atoms with Crippen LogP contribution in [0.2, 0.25) is 26.2 Å². The molecule has 0 aromatic carbocycles. The highest BCUT2D eigenvalue weighted by molar-refractivity contribution is 9.30. The molecule has 2 N–H and O–H groups in total. The molecule has 0 spiro atoms. The van der Waals surface area contributed by atoms with E-state index >= 15 is 0 Å². The van der Waals surface area contributed by atoms with Crippen LogP contribution in [0.15, 0.2) is 0 Å². The van der Waals surface area contributed by atoms with Crippen LogP contribution in [0, 0.1) is 0 Å². The third kappa shape index (κ3) is 14.7. The van der Waals surface area contributed by atoms with E-state index in [1.807, 2.05) is 23.5 Å². The van der Waals surface area contributed by atoms with Crippen LogP contribution in [0.4, 0.5) is 0 Å². The molecule has 0 amide bonds. The van der Waals surface area contributed by atoms with Crippen molar-refractivity contribution in [3.8, 4) is 0 Å². The number of aliphatic hydroxyl groups excluding tert-OH is 2. The third-order valence-corrected chi connectivity index (χ3v) is 16.7. The summed E-state index contributed by atoms with van der Waals surface area (Å²) in [7, 11) is 14.2. The van der Waals surface area contributed by atoms with Gasteiger partial charge in [0.2, 0.25) is 0 Å². The van der Waals surface area contributed by atoms with Gasteiger partial charge in [-0.3, -0.25) is 0 Å². The van der Waals surface area contributed by atoms with Gasteiger partial charge in [0.15, 0.2) is 0 Å². The van der Waals surface area contributed by atoms with Gasteiger partial charge in [-0.05, 0) is 56.0 Å². The summed E-state index contributed by atoms with van der Waals surface area (Å²) >= 11 is 3.66. The van der Waals surface area contributed by atoms with Crippen LogP contribution >= 0.6 is 64.8 Å². The minimum atomic E-state index is -0.610. The van der Waals surface area contributed by atoms with Crippen molar-refractivity contribution in [1.82, 2.24) is 0 Å². The van der Waals surface area contributed by atoms with E-state index < -0.39 is 17.6 Å². The fraction of sp³-hybridized carbons (Fsp3) is 0.875. The van der Waals surface area contributed by atoms with E-state index in [0.717, 1.165) is 24.3 Å². The lowest BCUT2D eigenvalue weighted by Gasteiger charge is -2.12. The van der Waals surface area contributed by atoms with E-state index in [1.54, 1.807) is 41.2 Å². The summed E-state index contributed by atoms with van der Waals surface area (Å²) in [5, 5.41) is 20.0. The second-order valence-electron chi connectivity index (χ2n) is 7.08. The van der Waals surface area contributed by atoms with Gasteiger partial charge < -0.3 is 10.2 Å². The third-order valence-electron chi connectivity index (χ3n) is 3.54. The van der Waals surface area contributed by atoms with Crippen molar-refractivity contribution in [2.75, 3.05) is 39.7 Å². The number of hydrogen-bond acceptors (Lipinski definition) is 8. The Kier molecular flexibility index (Phi) is 18.5. The molecule has 28 heavy (non-hydrogen) atoms. The maximum atomic E-state index is 10.0. The second kappa shape index (κ2) is 17.4. The molecule has 164 valence electrons. The minimum absolute atomic E-state index is 0.117. The van der Waals surface area contributed by atoms with Crippen molar-refractivity contribution in [2.45, 2.75) is 50.5 Å². The zero-order chi connectivity index (χ0) is 21.7. The molecule has 0 aliphatic rings. The maximum Gasteiger partial charge on any atom is 0.281 e. The van der Waals surface area contributed by atoms with Crippen molar-refractivity contribution in [2.24, 2.45) is 0 Å². The first-order valence-corrected chi connectivity index (χ1v) is 21.0. The summed E-state index contributed by atoms with van der Waals surface area (Å²) in [6.07, 6.45) is 1.74. The van der Waals surface area contributed by atoms with Gasteiger partial charge in [0, 0.05) is 44.5 Å². The van der Waals surface area contributed by atoms with E-state index in [0.29, 0.717) is 0 Å². The first-order valence-electron chi connectivity index (χ1n) is 9.04. The molecule has 2 atom stereocenters. The zero-order valence-corrected chi connectivity index (χ0v) is 25.1. The van der Waals surface area contributed by atoms with Gasteiger partial charge in [-0.25, -0.2) is 9.15 Å². The lowest BCUT2D eigenvalue weighted by molar-refractivity contribution is -0.458. The molecule has 2 radical (unpaired) electrons. The second-order valence-corrected chi connectivity index (χ2v) is 21.1. The Labute approximate surface area is 199 Å². The Morgan fingerprint density at radius 1 is 0.714 bits per heavy atom. The van der Waals surface area contributed by atoms with E-state index in [-0.39, 0.29) is 11.5 Å². The van der Waals surface area contributed by atoms with Crippen molar-refractivity contribution in [3.63, 3.8) is 0 Å². The molecule has 12 heteroatoms. The number of hydrogen-bond donors (Lipinski definition) is 2. The number of nitrogens with zero attached hydrogens (tertiary/aromatic N) is 2. The van der Waals surface area contributed by atoms with Crippen LogP contribution in [0.1, 0.15) is 12.8 Å². The highest BCUT2D eigenvalue weighted by Crippen LogP contribution is 2.47. The van der Waals surface area contributed by atoms with Crippen molar-refractivity contribution in [3.05, 3.63) is 0 Å². The molecule has 0 heterocycles. The molecule has 0 rings (SSSR count). The molecule has 0 saturated heterocycles. The monoisotopic (exact) mass is 536 g/mol. The van der Waals surface area contributed by atoms with Gasteiger partial charge in [-0.15, -0.1) is 0 Å². The van der Waals surface area contributed by atoms with Crippen LogP contribution in [0.3, 0.4) is 0 Å². The van der Waals surface area contributed by atoms with Gasteiger partial charge in [0.1, 0.15) is 28.2 Å². The van der Waals surface area contributed by atoms with Crippen molar-refractivity contribution >= 4 is 91.1 Å². The Balaban J connectivity index is 4.27. The summed E-state index contributed by atoms with van der Waals surface area (Å²) in [4.78, 5) is 0. The quantitative estimate of drug-likeness (QED) is 0.100. The lowest BCUT2D eigenvalue weighted by Crippen LogP contribution is -2.24. The smallest absolute Gasteiger partial charge is 0.281 e. The SMILES string of the molecule is C[N+](C)=C(SCCC(O)[Si](C)C)SSSSC(SCCC(O)[Si](C)C)=[N+](C)C. The molecule has 0 fully saturated rings. The average Bonchev–Trinajstić information content (AvgIpc) is 2.60.